The maximum Gasteiger partial charge on any atom is 0.411 e. The van der Waals surface area contributed by atoms with Crippen LogP contribution >= 0.6 is 11.6 Å². The average Bonchev–Trinajstić information content (AvgIpc) is 3.00. The third-order valence-corrected chi connectivity index (χ3v) is 8.15. The van der Waals surface area contributed by atoms with Crippen LogP contribution in [0.15, 0.2) is 54.7 Å². The molecule has 0 saturated heterocycles. The van der Waals surface area contributed by atoms with Crippen molar-refractivity contribution in [3.63, 3.8) is 0 Å². The maximum atomic E-state index is 15.0. The Bertz CT molecular complexity index is 1680. The number of terminal acetylenes is 1. The molecular weight excluding hydrogens is 571 g/mol. The number of nitrogens with one attached hydrogen (secondary N) is 2. The van der Waals surface area contributed by atoms with Crippen molar-refractivity contribution in [3.05, 3.63) is 82.4 Å². The standard InChI is InChI=1S/C33H30ClFN4O4/c1-4-20-8-11-25(34)31(35)30(20)22-13-15-39(29(40)17-22)28-7-5-6-19(2)32(41)38-26-18-23(37-33(42)43-3)9-10-24(26)21-12-14-36-27(28)16-21/h1,8-12,14,16-19,28H,5-7,13,15H2,2-3H3,(H,37,42)(H,38,41)/t19-,28+/m1/s1. The normalized spacial score (nSPS) is 18.7. The number of carbonyl (C=O) groups excluding carboxylic acids is 3. The zero-order valence-corrected chi connectivity index (χ0v) is 24.5. The summed E-state index contributed by atoms with van der Waals surface area (Å²) in [6, 6.07) is 11.5. The SMILES string of the molecule is C#Cc1ccc(Cl)c(F)c1C1=CC(=O)N([C@H]2CCC[C@@H](C)C(=O)Nc3cc(NC(=O)OC)ccc3-c3ccnc2c3)CC1. The monoisotopic (exact) mass is 600 g/mol. The van der Waals surface area contributed by atoms with Crippen LogP contribution in [0.5, 0.6) is 0 Å². The maximum absolute atomic E-state index is 15.0. The van der Waals surface area contributed by atoms with Gasteiger partial charge < -0.3 is 15.0 Å². The lowest BCUT2D eigenvalue weighted by Crippen LogP contribution is -2.38. The number of carbonyl (C=O) groups is 3. The van der Waals surface area contributed by atoms with Gasteiger partial charge in [0.05, 0.1) is 29.6 Å². The van der Waals surface area contributed by atoms with Gasteiger partial charge in [0.15, 0.2) is 5.82 Å². The molecule has 220 valence electrons. The topological polar surface area (TPSA) is 101 Å². The van der Waals surface area contributed by atoms with Gasteiger partial charge in [-0.15, -0.1) is 6.42 Å². The van der Waals surface area contributed by atoms with Crippen LogP contribution in [-0.4, -0.2) is 41.4 Å². The minimum atomic E-state index is -0.638. The smallest absolute Gasteiger partial charge is 0.411 e. The molecule has 3 amide bonds. The van der Waals surface area contributed by atoms with Crippen molar-refractivity contribution in [2.75, 3.05) is 24.3 Å². The summed E-state index contributed by atoms with van der Waals surface area (Å²) in [7, 11) is 1.27. The molecule has 3 heterocycles. The van der Waals surface area contributed by atoms with Gasteiger partial charge in [0.2, 0.25) is 11.8 Å². The Balaban J connectivity index is 1.53. The molecule has 2 aliphatic heterocycles. The van der Waals surface area contributed by atoms with Gasteiger partial charge in [0.25, 0.3) is 0 Å². The first-order chi connectivity index (χ1) is 20.7. The van der Waals surface area contributed by atoms with E-state index < -0.39 is 11.9 Å². The van der Waals surface area contributed by atoms with Crippen molar-refractivity contribution in [1.82, 2.24) is 9.88 Å². The van der Waals surface area contributed by atoms with Gasteiger partial charge in [-0.2, -0.15) is 0 Å². The van der Waals surface area contributed by atoms with Crippen LogP contribution in [0.4, 0.5) is 20.6 Å². The second-order valence-electron chi connectivity index (χ2n) is 10.6. The number of aromatic nitrogens is 1. The van der Waals surface area contributed by atoms with Crippen LogP contribution in [0, 0.1) is 24.1 Å². The van der Waals surface area contributed by atoms with E-state index in [9.17, 15) is 14.4 Å². The first-order valence-corrected chi connectivity index (χ1v) is 14.3. The molecule has 0 fully saturated rings. The summed E-state index contributed by atoms with van der Waals surface area (Å²) in [6.45, 7) is 2.18. The van der Waals surface area contributed by atoms with Crippen LogP contribution < -0.4 is 10.6 Å². The predicted octanol–water partition coefficient (Wildman–Crippen LogP) is 6.82. The first kappa shape index (κ1) is 29.8. The molecule has 0 radical (unpaired) electrons. The lowest BCUT2D eigenvalue weighted by molar-refractivity contribution is -0.129. The summed E-state index contributed by atoms with van der Waals surface area (Å²) < 4.78 is 19.7. The van der Waals surface area contributed by atoms with E-state index in [2.05, 4.69) is 21.5 Å². The molecule has 43 heavy (non-hydrogen) atoms. The van der Waals surface area contributed by atoms with Gasteiger partial charge in [0, 0.05) is 47.1 Å². The van der Waals surface area contributed by atoms with E-state index in [-0.39, 0.29) is 34.4 Å². The Morgan fingerprint density at radius 1 is 1.21 bits per heavy atom. The van der Waals surface area contributed by atoms with E-state index in [1.807, 2.05) is 19.1 Å². The van der Waals surface area contributed by atoms with E-state index in [0.29, 0.717) is 60.4 Å². The van der Waals surface area contributed by atoms with Crippen LogP contribution in [0.3, 0.4) is 0 Å². The lowest BCUT2D eigenvalue weighted by atomic mass is 9.91. The largest absolute Gasteiger partial charge is 0.453 e. The molecule has 1 aromatic heterocycles. The number of rotatable bonds is 3. The van der Waals surface area contributed by atoms with Crippen molar-refractivity contribution in [1.29, 1.82) is 0 Å². The number of methoxy groups -OCH3 is 1. The molecule has 2 atom stereocenters. The summed E-state index contributed by atoms with van der Waals surface area (Å²) in [5.41, 5.74) is 4.21. The molecule has 2 aromatic carbocycles. The van der Waals surface area contributed by atoms with Crippen LogP contribution in [0.1, 0.15) is 55.5 Å². The summed E-state index contributed by atoms with van der Waals surface area (Å²) in [5.74, 6) is 1.11. The minimum Gasteiger partial charge on any atom is -0.453 e. The summed E-state index contributed by atoms with van der Waals surface area (Å²) >= 11 is 6.04. The predicted molar refractivity (Wildman–Crippen MR) is 164 cm³/mol. The number of hydrogen-bond donors (Lipinski definition) is 2. The Hall–Kier alpha value is -4.68. The van der Waals surface area contributed by atoms with Gasteiger partial charge >= 0.3 is 6.09 Å². The fraction of sp³-hybridized carbons (Fsp3) is 0.273. The molecule has 3 aromatic rings. The molecule has 0 saturated carbocycles. The summed E-state index contributed by atoms with van der Waals surface area (Å²) in [4.78, 5) is 45.0. The van der Waals surface area contributed by atoms with Gasteiger partial charge in [-0.05, 0) is 66.8 Å². The second-order valence-corrected chi connectivity index (χ2v) is 11.0. The van der Waals surface area contributed by atoms with Crippen LogP contribution in [0.2, 0.25) is 5.02 Å². The third-order valence-electron chi connectivity index (χ3n) is 7.86. The van der Waals surface area contributed by atoms with Crippen molar-refractivity contribution in [2.24, 2.45) is 5.92 Å². The van der Waals surface area contributed by atoms with E-state index in [4.69, 9.17) is 22.8 Å². The fourth-order valence-electron chi connectivity index (χ4n) is 5.56. The number of anilines is 2. The molecule has 10 heteroatoms. The molecule has 8 nitrogen and oxygen atoms in total. The molecule has 5 rings (SSSR count). The average molecular weight is 601 g/mol. The Kier molecular flexibility index (Phi) is 8.78. The molecule has 0 unspecified atom stereocenters. The van der Waals surface area contributed by atoms with Gasteiger partial charge in [-0.1, -0.05) is 36.9 Å². The highest BCUT2D eigenvalue weighted by atomic mass is 35.5. The Morgan fingerprint density at radius 3 is 2.77 bits per heavy atom. The molecule has 0 aliphatic carbocycles. The molecule has 2 N–H and O–H groups in total. The van der Waals surface area contributed by atoms with Gasteiger partial charge in [-0.25, -0.2) is 9.18 Å². The van der Waals surface area contributed by atoms with E-state index in [0.717, 1.165) is 11.1 Å². The highest BCUT2D eigenvalue weighted by Gasteiger charge is 2.31. The Labute approximate surface area is 254 Å². The van der Waals surface area contributed by atoms with E-state index >= 15 is 4.39 Å². The highest BCUT2D eigenvalue weighted by molar-refractivity contribution is 6.31. The second kappa shape index (κ2) is 12.7. The van der Waals surface area contributed by atoms with Crippen molar-refractivity contribution in [2.45, 2.75) is 38.6 Å². The van der Waals surface area contributed by atoms with Crippen LogP contribution in [0.25, 0.3) is 16.7 Å². The van der Waals surface area contributed by atoms with Crippen LogP contribution in [-0.2, 0) is 14.3 Å². The summed E-state index contributed by atoms with van der Waals surface area (Å²) in [6.07, 6.45) is 10.3. The zero-order valence-electron chi connectivity index (χ0n) is 23.7. The number of halogens is 2. The zero-order chi connectivity index (χ0) is 30.7. The van der Waals surface area contributed by atoms with Gasteiger partial charge in [0.1, 0.15) is 0 Å². The third kappa shape index (κ3) is 6.25. The number of pyridine rings is 1. The molecule has 0 spiro atoms. The lowest BCUT2D eigenvalue weighted by Gasteiger charge is -2.35. The summed E-state index contributed by atoms with van der Waals surface area (Å²) in [5, 5.41) is 5.58. The number of nitrogens with zero attached hydrogens (tertiary/aromatic N) is 2. The number of amides is 3. The first-order valence-electron chi connectivity index (χ1n) is 13.9. The number of ether oxygens (including phenoxy) is 1. The van der Waals surface area contributed by atoms with Crippen molar-refractivity contribution >= 4 is 46.5 Å². The molecular formula is C33H30ClFN4O4. The molecule has 2 aliphatic rings. The highest BCUT2D eigenvalue weighted by Crippen LogP contribution is 2.38. The number of benzene rings is 2. The quantitative estimate of drug-likeness (QED) is 0.322. The number of fused-ring (bicyclic) bond motifs is 4. The fourth-order valence-corrected chi connectivity index (χ4v) is 5.72. The van der Waals surface area contributed by atoms with E-state index in [1.165, 1.54) is 19.3 Å². The van der Waals surface area contributed by atoms with Crippen molar-refractivity contribution < 1.29 is 23.5 Å². The van der Waals surface area contributed by atoms with Gasteiger partial charge in [-0.3, -0.25) is 19.9 Å². The number of hydrogen-bond acceptors (Lipinski definition) is 5. The Morgan fingerprint density at radius 2 is 2.02 bits per heavy atom. The van der Waals surface area contributed by atoms with E-state index in [1.54, 1.807) is 35.4 Å². The minimum absolute atomic E-state index is 0.0586. The van der Waals surface area contributed by atoms with Crippen molar-refractivity contribution in [3.8, 4) is 23.5 Å². The molecule has 2 bridgehead atoms.